The second kappa shape index (κ2) is 8.61. The summed E-state index contributed by atoms with van der Waals surface area (Å²) in [7, 11) is 1.62. The molecular formula is C24H23N3O2. The van der Waals surface area contributed by atoms with Crippen LogP contribution in [-0.4, -0.2) is 23.0 Å². The van der Waals surface area contributed by atoms with E-state index in [2.05, 4.69) is 15.3 Å². The lowest BCUT2D eigenvalue weighted by molar-refractivity contribution is -0.115. The lowest BCUT2D eigenvalue weighted by Crippen LogP contribution is -2.15. The maximum atomic E-state index is 12.6. The zero-order chi connectivity index (χ0) is 20.1. The van der Waals surface area contributed by atoms with E-state index in [1.165, 1.54) is 0 Å². The molecule has 3 aromatic carbocycles. The molecule has 0 aliphatic carbocycles. The Hall–Kier alpha value is -3.60. The molecular weight excluding hydrogens is 362 g/mol. The highest BCUT2D eigenvalue weighted by atomic mass is 16.5. The van der Waals surface area contributed by atoms with Gasteiger partial charge >= 0.3 is 0 Å². The van der Waals surface area contributed by atoms with Crippen LogP contribution in [0.4, 0.5) is 5.69 Å². The quantitative estimate of drug-likeness (QED) is 0.491. The molecule has 1 amide bonds. The van der Waals surface area contributed by atoms with Crippen LogP contribution in [0.15, 0.2) is 72.8 Å². The van der Waals surface area contributed by atoms with Crippen molar-refractivity contribution in [3.63, 3.8) is 0 Å². The number of benzene rings is 3. The van der Waals surface area contributed by atoms with Crippen molar-refractivity contribution >= 4 is 22.6 Å². The van der Waals surface area contributed by atoms with E-state index in [-0.39, 0.29) is 5.91 Å². The third-order valence-electron chi connectivity index (χ3n) is 4.86. The summed E-state index contributed by atoms with van der Waals surface area (Å²) in [6.07, 6.45) is 1.86. The Bertz CT molecular complexity index is 1100. The summed E-state index contributed by atoms with van der Waals surface area (Å²) in [4.78, 5) is 20.5. The number of amides is 1. The summed E-state index contributed by atoms with van der Waals surface area (Å²) >= 11 is 0. The van der Waals surface area contributed by atoms with Crippen molar-refractivity contribution in [1.82, 2.24) is 9.97 Å². The van der Waals surface area contributed by atoms with Gasteiger partial charge in [0.15, 0.2) is 0 Å². The molecule has 1 aromatic heterocycles. The number of anilines is 1. The third-order valence-corrected chi connectivity index (χ3v) is 4.86. The summed E-state index contributed by atoms with van der Waals surface area (Å²) in [6.45, 7) is 0. The fourth-order valence-electron chi connectivity index (χ4n) is 3.40. The molecule has 0 aliphatic rings. The van der Waals surface area contributed by atoms with Gasteiger partial charge in [-0.3, -0.25) is 4.79 Å². The summed E-state index contributed by atoms with van der Waals surface area (Å²) in [5, 5.41) is 3.05. The highest BCUT2D eigenvalue weighted by Gasteiger charge is 2.10. The number of rotatable bonds is 7. The number of aromatic nitrogens is 2. The van der Waals surface area contributed by atoms with Crippen molar-refractivity contribution in [2.24, 2.45) is 0 Å². The SMILES string of the molecule is COc1cccc(CC(=O)Nc2ccccc2CCc2nc3ccccc3[nH]2)c1. The smallest absolute Gasteiger partial charge is 0.228 e. The number of carbonyl (C=O) groups excluding carboxylic acids is 1. The first-order valence-electron chi connectivity index (χ1n) is 9.65. The normalized spacial score (nSPS) is 10.8. The van der Waals surface area contributed by atoms with E-state index < -0.39 is 0 Å². The number of aromatic amines is 1. The molecule has 5 heteroatoms. The van der Waals surface area contributed by atoms with Crippen molar-refractivity contribution in [1.29, 1.82) is 0 Å². The highest BCUT2D eigenvalue weighted by Crippen LogP contribution is 2.19. The summed E-state index contributed by atoms with van der Waals surface area (Å²) in [6, 6.07) is 23.5. The van der Waals surface area contributed by atoms with E-state index >= 15 is 0 Å². The molecule has 4 aromatic rings. The fraction of sp³-hybridized carbons (Fsp3) is 0.167. The second-order valence-corrected chi connectivity index (χ2v) is 6.93. The largest absolute Gasteiger partial charge is 0.497 e. The predicted octanol–water partition coefficient (Wildman–Crippen LogP) is 4.54. The Morgan fingerprint density at radius 3 is 2.69 bits per heavy atom. The van der Waals surface area contributed by atoms with Crippen LogP contribution in [0.2, 0.25) is 0 Å². The molecule has 2 N–H and O–H groups in total. The van der Waals surface area contributed by atoms with Gasteiger partial charge in [0, 0.05) is 12.1 Å². The number of hydrogen-bond donors (Lipinski definition) is 2. The Labute approximate surface area is 169 Å². The lowest BCUT2D eigenvalue weighted by Gasteiger charge is -2.11. The minimum Gasteiger partial charge on any atom is -0.497 e. The number of nitrogens with zero attached hydrogens (tertiary/aromatic N) is 1. The van der Waals surface area contributed by atoms with Gasteiger partial charge in [0.1, 0.15) is 11.6 Å². The number of H-pyrrole nitrogens is 1. The maximum absolute atomic E-state index is 12.6. The van der Waals surface area contributed by atoms with Gasteiger partial charge in [-0.2, -0.15) is 0 Å². The molecule has 0 spiro atoms. The first-order valence-corrected chi connectivity index (χ1v) is 9.65. The molecule has 0 saturated heterocycles. The molecule has 0 saturated carbocycles. The number of hydrogen-bond acceptors (Lipinski definition) is 3. The number of imidazole rings is 1. The van der Waals surface area contributed by atoms with Crippen LogP contribution in [0.25, 0.3) is 11.0 Å². The fourth-order valence-corrected chi connectivity index (χ4v) is 3.40. The van der Waals surface area contributed by atoms with E-state index in [9.17, 15) is 4.79 Å². The zero-order valence-electron chi connectivity index (χ0n) is 16.3. The van der Waals surface area contributed by atoms with Gasteiger partial charge in [0.2, 0.25) is 5.91 Å². The number of para-hydroxylation sites is 3. The lowest BCUT2D eigenvalue weighted by atomic mass is 10.1. The number of carbonyl (C=O) groups is 1. The van der Waals surface area contributed by atoms with Crippen LogP contribution < -0.4 is 10.1 Å². The molecule has 29 heavy (non-hydrogen) atoms. The standard InChI is InChI=1S/C24H23N3O2/c1-29-19-9-6-7-17(15-19)16-24(28)27-20-10-3-2-8-18(20)13-14-23-25-21-11-4-5-12-22(21)26-23/h2-12,15H,13-14,16H2,1H3,(H,25,26)(H,27,28). The Morgan fingerprint density at radius 1 is 1.00 bits per heavy atom. The summed E-state index contributed by atoms with van der Waals surface area (Å²) in [5.41, 5.74) is 4.87. The molecule has 0 bridgehead atoms. The molecule has 5 nitrogen and oxygen atoms in total. The molecule has 0 aliphatic heterocycles. The van der Waals surface area contributed by atoms with Crippen LogP contribution in [0.3, 0.4) is 0 Å². The molecule has 0 atom stereocenters. The van der Waals surface area contributed by atoms with Crippen LogP contribution in [-0.2, 0) is 24.1 Å². The van der Waals surface area contributed by atoms with E-state index in [0.29, 0.717) is 6.42 Å². The average Bonchev–Trinajstić information content (AvgIpc) is 3.16. The minimum absolute atomic E-state index is 0.0468. The van der Waals surface area contributed by atoms with Gasteiger partial charge < -0.3 is 15.0 Å². The Balaban J connectivity index is 1.42. The zero-order valence-corrected chi connectivity index (χ0v) is 16.3. The van der Waals surface area contributed by atoms with Gasteiger partial charge in [-0.05, 0) is 47.9 Å². The number of methoxy groups -OCH3 is 1. The maximum Gasteiger partial charge on any atom is 0.228 e. The Kier molecular flexibility index (Phi) is 5.56. The number of aryl methyl sites for hydroxylation is 2. The van der Waals surface area contributed by atoms with Crippen LogP contribution in [0.1, 0.15) is 17.0 Å². The van der Waals surface area contributed by atoms with E-state index in [1.54, 1.807) is 7.11 Å². The highest BCUT2D eigenvalue weighted by molar-refractivity contribution is 5.93. The second-order valence-electron chi connectivity index (χ2n) is 6.93. The average molecular weight is 385 g/mol. The predicted molar refractivity (Wildman–Crippen MR) is 115 cm³/mol. The number of fused-ring (bicyclic) bond motifs is 1. The van der Waals surface area contributed by atoms with Crippen molar-refractivity contribution < 1.29 is 9.53 Å². The van der Waals surface area contributed by atoms with Crippen molar-refractivity contribution in [2.75, 3.05) is 12.4 Å². The van der Waals surface area contributed by atoms with Gasteiger partial charge in [0.25, 0.3) is 0 Å². The molecule has 4 rings (SSSR count). The molecule has 0 unspecified atom stereocenters. The van der Waals surface area contributed by atoms with Gasteiger partial charge in [-0.15, -0.1) is 0 Å². The van der Waals surface area contributed by atoms with Crippen molar-refractivity contribution in [3.05, 3.63) is 89.7 Å². The van der Waals surface area contributed by atoms with Crippen LogP contribution in [0.5, 0.6) is 5.75 Å². The monoisotopic (exact) mass is 385 g/mol. The van der Waals surface area contributed by atoms with E-state index in [1.807, 2.05) is 72.8 Å². The topological polar surface area (TPSA) is 67.0 Å². The van der Waals surface area contributed by atoms with Crippen molar-refractivity contribution in [3.8, 4) is 5.75 Å². The number of nitrogens with one attached hydrogen (secondary N) is 2. The molecule has 1 heterocycles. The molecule has 0 radical (unpaired) electrons. The van der Waals surface area contributed by atoms with Gasteiger partial charge in [-0.25, -0.2) is 4.98 Å². The summed E-state index contributed by atoms with van der Waals surface area (Å²) < 4.78 is 5.23. The van der Waals surface area contributed by atoms with E-state index in [4.69, 9.17) is 4.74 Å². The van der Waals surface area contributed by atoms with Gasteiger partial charge in [-0.1, -0.05) is 42.5 Å². The van der Waals surface area contributed by atoms with Crippen molar-refractivity contribution in [2.45, 2.75) is 19.3 Å². The summed E-state index contributed by atoms with van der Waals surface area (Å²) in [5.74, 6) is 1.65. The van der Waals surface area contributed by atoms with Gasteiger partial charge in [0.05, 0.1) is 24.6 Å². The third kappa shape index (κ3) is 4.63. The first-order chi connectivity index (χ1) is 14.2. The Morgan fingerprint density at radius 2 is 1.83 bits per heavy atom. The first kappa shape index (κ1) is 18.7. The van der Waals surface area contributed by atoms with Crippen LogP contribution in [0, 0.1) is 0 Å². The molecule has 146 valence electrons. The number of ether oxygens (including phenoxy) is 1. The van der Waals surface area contributed by atoms with Crippen LogP contribution >= 0.6 is 0 Å². The van der Waals surface area contributed by atoms with E-state index in [0.717, 1.165) is 52.3 Å². The minimum atomic E-state index is -0.0468. The molecule has 0 fully saturated rings.